The average Bonchev–Trinajstić information content (AvgIpc) is 3.85. The molecule has 4 heterocycles. The number of halogens is 2. The number of fused-ring (bicyclic) bond motifs is 9. The molecule has 7 rings (SSSR count). The Morgan fingerprint density at radius 1 is 1.02 bits per heavy atom. The van der Waals surface area contributed by atoms with E-state index < -0.39 is 17.6 Å². The summed E-state index contributed by atoms with van der Waals surface area (Å²) in [5, 5.41) is 22.5. The number of hydrogen-bond donors (Lipinski definition) is 3. The smallest absolute Gasteiger partial charge is 0.303 e. The van der Waals surface area contributed by atoms with Crippen molar-refractivity contribution in [2.24, 2.45) is 0 Å². The molecule has 3 N–H and O–H groups in total. The summed E-state index contributed by atoms with van der Waals surface area (Å²) in [4.78, 5) is 22.2. The first-order valence-electron chi connectivity index (χ1n) is 16.3. The molecule has 246 valence electrons. The Balaban J connectivity index is 1.27. The van der Waals surface area contributed by atoms with Gasteiger partial charge in [0.15, 0.2) is 17.4 Å². The maximum atomic E-state index is 15.6. The van der Waals surface area contributed by atoms with Crippen LogP contribution in [0.2, 0.25) is 0 Å². The third-order valence-electron chi connectivity index (χ3n) is 9.03. The largest absolute Gasteiger partial charge is 0.481 e. The van der Waals surface area contributed by atoms with Crippen LogP contribution in [0.15, 0.2) is 67.0 Å². The molecule has 0 saturated heterocycles. The van der Waals surface area contributed by atoms with Gasteiger partial charge in [0, 0.05) is 65.9 Å². The third kappa shape index (κ3) is 6.69. The Kier molecular flexibility index (Phi) is 8.95. The van der Waals surface area contributed by atoms with Crippen molar-refractivity contribution in [1.82, 2.24) is 35.2 Å². The standard InChI is InChI=1S/C36H35F2N7O3/c37-29-13-12-24-19-28(29)36-40-21-32(41-36)25(23-7-4-6-22(18-23)11-14-34(46)47)8-2-1-3-10-33-42-43-44-45(33)17-5-9-27-26-15-16-39-31(26)20-30(38)35(27)48-24/h4,6-7,12-13,15-16,18-21,25,39H,1-3,5,8-11,14,17H2,(H,40,41)(H,46,47). The Bertz CT molecular complexity index is 2070. The van der Waals surface area contributed by atoms with Crippen LogP contribution in [0.1, 0.15) is 72.7 Å². The normalized spacial score (nSPS) is 15.8. The molecule has 0 radical (unpaired) electrons. The van der Waals surface area contributed by atoms with Gasteiger partial charge in [0.25, 0.3) is 0 Å². The second kappa shape index (κ2) is 13.8. The fourth-order valence-corrected chi connectivity index (χ4v) is 6.61. The molecule has 3 aromatic heterocycles. The average molecular weight is 652 g/mol. The van der Waals surface area contributed by atoms with E-state index in [0.29, 0.717) is 42.7 Å². The molecule has 1 atom stereocenters. The van der Waals surface area contributed by atoms with Gasteiger partial charge in [0.05, 0.1) is 5.56 Å². The van der Waals surface area contributed by atoms with E-state index in [2.05, 4.69) is 30.5 Å². The number of carbonyl (C=O) groups is 1. The van der Waals surface area contributed by atoms with Gasteiger partial charge >= 0.3 is 5.97 Å². The summed E-state index contributed by atoms with van der Waals surface area (Å²) in [5.74, 6) is -0.423. The molecule has 4 bridgehead atoms. The lowest BCUT2D eigenvalue weighted by Crippen LogP contribution is -2.08. The van der Waals surface area contributed by atoms with E-state index in [1.807, 2.05) is 35.0 Å². The van der Waals surface area contributed by atoms with Gasteiger partial charge in [-0.2, -0.15) is 0 Å². The van der Waals surface area contributed by atoms with Gasteiger partial charge in [0.2, 0.25) is 0 Å². The maximum absolute atomic E-state index is 15.6. The number of imidazole rings is 1. The number of rotatable bonds is 4. The first-order valence-corrected chi connectivity index (χ1v) is 16.3. The number of tetrazole rings is 1. The van der Waals surface area contributed by atoms with Gasteiger partial charge in [-0.25, -0.2) is 18.4 Å². The molecule has 0 aliphatic carbocycles. The fourth-order valence-electron chi connectivity index (χ4n) is 6.61. The molecule has 0 spiro atoms. The third-order valence-corrected chi connectivity index (χ3v) is 9.03. The summed E-state index contributed by atoms with van der Waals surface area (Å²) in [7, 11) is 0. The van der Waals surface area contributed by atoms with Gasteiger partial charge < -0.3 is 19.8 Å². The highest BCUT2D eigenvalue weighted by molar-refractivity contribution is 5.85. The first kappa shape index (κ1) is 31.2. The molecule has 0 fully saturated rings. The molecule has 0 amide bonds. The van der Waals surface area contributed by atoms with Crippen LogP contribution in [0, 0.1) is 11.6 Å². The number of aromatic amines is 2. The zero-order valence-corrected chi connectivity index (χ0v) is 26.3. The molecular formula is C36H35F2N7O3. The molecule has 10 nitrogen and oxygen atoms in total. The lowest BCUT2D eigenvalue weighted by Gasteiger charge is -2.17. The van der Waals surface area contributed by atoms with Crippen molar-refractivity contribution < 1.29 is 23.4 Å². The summed E-state index contributed by atoms with van der Waals surface area (Å²) in [6.45, 7) is 0.560. The van der Waals surface area contributed by atoms with E-state index in [4.69, 9.17) is 4.74 Å². The predicted molar refractivity (Wildman–Crippen MR) is 175 cm³/mol. The number of hydrogen-bond acceptors (Lipinski definition) is 6. The highest BCUT2D eigenvalue weighted by Gasteiger charge is 2.22. The van der Waals surface area contributed by atoms with Crippen LogP contribution in [0.25, 0.3) is 22.3 Å². The highest BCUT2D eigenvalue weighted by Crippen LogP contribution is 2.38. The quantitative estimate of drug-likeness (QED) is 0.180. The van der Waals surface area contributed by atoms with E-state index in [1.54, 1.807) is 12.4 Å². The second-order valence-corrected chi connectivity index (χ2v) is 12.2. The van der Waals surface area contributed by atoms with Gasteiger partial charge in [-0.15, -0.1) is 5.10 Å². The number of H-pyrrole nitrogens is 2. The number of carboxylic acids is 1. The van der Waals surface area contributed by atoms with E-state index in [9.17, 15) is 9.90 Å². The molecule has 12 heteroatoms. The molecule has 6 aromatic rings. The second-order valence-electron chi connectivity index (χ2n) is 12.2. The number of nitrogens with one attached hydrogen (secondary N) is 2. The van der Waals surface area contributed by atoms with Gasteiger partial charge in [-0.05, 0) is 77.9 Å². The number of ether oxygens (including phenoxy) is 1. The van der Waals surface area contributed by atoms with E-state index in [-0.39, 0.29) is 29.4 Å². The van der Waals surface area contributed by atoms with Crippen molar-refractivity contribution in [2.75, 3.05) is 0 Å². The highest BCUT2D eigenvalue weighted by atomic mass is 19.1. The van der Waals surface area contributed by atoms with E-state index in [0.717, 1.165) is 60.1 Å². The number of aliphatic carboxylic acids is 1. The van der Waals surface area contributed by atoms with Gasteiger partial charge in [-0.3, -0.25) is 4.79 Å². The molecule has 1 unspecified atom stereocenters. The Hall–Kier alpha value is -5.39. The zero-order chi connectivity index (χ0) is 33.0. The summed E-state index contributed by atoms with van der Waals surface area (Å²) >= 11 is 0. The minimum absolute atomic E-state index is 0.0456. The van der Waals surface area contributed by atoms with Crippen LogP contribution in [-0.4, -0.2) is 46.2 Å². The van der Waals surface area contributed by atoms with E-state index >= 15 is 8.78 Å². The summed E-state index contributed by atoms with van der Waals surface area (Å²) in [6, 6.07) is 15.6. The van der Waals surface area contributed by atoms with Gasteiger partial charge in [0.1, 0.15) is 17.4 Å². The van der Waals surface area contributed by atoms with Crippen LogP contribution in [0.4, 0.5) is 8.78 Å². The maximum Gasteiger partial charge on any atom is 0.303 e. The molecule has 1 aliphatic rings. The van der Waals surface area contributed by atoms with Crippen molar-refractivity contribution in [3.05, 3.63) is 107 Å². The van der Waals surface area contributed by atoms with Crippen LogP contribution in [0.3, 0.4) is 0 Å². The number of aryl methyl sites for hydroxylation is 4. The van der Waals surface area contributed by atoms with Crippen LogP contribution in [-0.2, 0) is 30.6 Å². The lowest BCUT2D eigenvalue weighted by atomic mass is 9.89. The fraction of sp³-hybridized carbons (Fsp3) is 0.306. The Morgan fingerprint density at radius 2 is 1.94 bits per heavy atom. The Morgan fingerprint density at radius 3 is 2.83 bits per heavy atom. The lowest BCUT2D eigenvalue weighted by molar-refractivity contribution is -0.136. The minimum Gasteiger partial charge on any atom is -0.481 e. The van der Waals surface area contributed by atoms with Crippen molar-refractivity contribution >= 4 is 16.9 Å². The van der Waals surface area contributed by atoms with Crippen LogP contribution < -0.4 is 4.74 Å². The number of aromatic nitrogens is 7. The first-order chi connectivity index (χ1) is 23.4. The van der Waals surface area contributed by atoms with Crippen molar-refractivity contribution in [3.8, 4) is 22.9 Å². The summed E-state index contributed by atoms with van der Waals surface area (Å²) in [6.07, 6.45) is 9.39. The summed E-state index contributed by atoms with van der Waals surface area (Å²) in [5.41, 5.74) is 4.36. The molecular weight excluding hydrogens is 616 g/mol. The number of carboxylic acid groups (broad SMARTS) is 1. The van der Waals surface area contributed by atoms with Crippen molar-refractivity contribution in [2.45, 2.75) is 70.3 Å². The predicted octanol–water partition coefficient (Wildman–Crippen LogP) is 7.51. The number of benzene rings is 3. The van der Waals surface area contributed by atoms with Crippen molar-refractivity contribution in [1.29, 1.82) is 0 Å². The van der Waals surface area contributed by atoms with Gasteiger partial charge in [-0.1, -0.05) is 37.1 Å². The van der Waals surface area contributed by atoms with Crippen LogP contribution in [0.5, 0.6) is 11.5 Å². The Labute approximate surface area is 275 Å². The monoisotopic (exact) mass is 651 g/mol. The van der Waals surface area contributed by atoms with E-state index in [1.165, 1.54) is 24.3 Å². The topological polar surface area (TPSA) is 135 Å². The molecule has 0 saturated carbocycles. The number of nitrogens with zero attached hydrogens (tertiary/aromatic N) is 5. The molecule has 48 heavy (non-hydrogen) atoms. The molecule has 3 aromatic carbocycles. The SMILES string of the molecule is O=C(O)CCc1cccc(C2CCCCCc3nnnn3CCCc3c(c(F)cc4[nH]ccc34)Oc3ccc(F)c(c3)-c3ncc2[nH]3)c1. The minimum atomic E-state index is -0.843. The molecule has 1 aliphatic heterocycles. The van der Waals surface area contributed by atoms with Crippen molar-refractivity contribution in [3.63, 3.8) is 0 Å². The zero-order valence-electron chi connectivity index (χ0n) is 26.3. The summed E-state index contributed by atoms with van der Waals surface area (Å²) < 4.78 is 39.0. The van der Waals surface area contributed by atoms with Crippen LogP contribution >= 0.6 is 0 Å².